The predicted molar refractivity (Wildman–Crippen MR) is 248 cm³/mol. The van der Waals surface area contributed by atoms with E-state index in [9.17, 15) is 0 Å². The van der Waals surface area contributed by atoms with Crippen LogP contribution in [0.4, 0.5) is 17.1 Å². The number of fused-ring (bicyclic) bond motifs is 6. The molecule has 0 amide bonds. The Bertz CT molecular complexity index is 3170. The van der Waals surface area contributed by atoms with E-state index in [0.717, 1.165) is 39.0 Å². The minimum atomic E-state index is -0.0647. The number of hydrogen-bond donors (Lipinski definition) is 0. The van der Waals surface area contributed by atoms with Crippen molar-refractivity contribution in [3.8, 4) is 55.6 Å². The van der Waals surface area contributed by atoms with Crippen molar-refractivity contribution < 1.29 is 4.42 Å². The van der Waals surface area contributed by atoms with Crippen molar-refractivity contribution in [3.63, 3.8) is 0 Å². The molecule has 0 spiro atoms. The molecule has 0 atom stereocenters. The Balaban J connectivity index is 1.16. The first-order valence-electron chi connectivity index (χ1n) is 20.4. The Hall–Kier alpha value is -7.42. The van der Waals surface area contributed by atoms with Crippen molar-refractivity contribution >= 4 is 39.0 Å². The number of rotatable bonds is 7. The van der Waals surface area contributed by atoms with Crippen LogP contribution in [0.3, 0.4) is 0 Å². The summed E-state index contributed by atoms with van der Waals surface area (Å²) >= 11 is 0. The van der Waals surface area contributed by atoms with E-state index in [1.807, 2.05) is 12.1 Å². The lowest BCUT2D eigenvalue weighted by atomic mass is 9.82. The lowest BCUT2D eigenvalue weighted by molar-refractivity contribution is 0.660. The molecule has 10 aromatic rings. The summed E-state index contributed by atoms with van der Waals surface area (Å²) < 4.78 is 6.36. The smallest absolute Gasteiger partial charge is 0.135 e. The van der Waals surface area contributed by atoms with Gasteiger partial charge >= 0.3 is 0 Å². The molecule has 2 heteroatoms. The van der Waals surface area contributed by atoms with Crippen molar-refractivity contribution in [2.45, 2.75) is 19.3 Å². The molecule has 2 nitrogen and oxygen atoms in total. The van der Waals surface area contributed by atoms with Gasteiger partial charge in [-0.15, -0.1) is 0 Å². The molecule has 1 aromatic heterocycles. The minimum Gasteiger partial charge on any atom is -0.456 e. The quantitative estimate of drug-likeness (QED) is 0.161. The second-order valence-corrected chi connectivity index (χ2v) is 16.0. The Morgan fingerprint density at radius 1 is 0.356 bits per heavy atom. The first-order chi connectivity index (χ1) is 29.0. The van der Waals surface area contributed by atoms with Gasteiger partial charge in [0.1, 0.15) is 11.2 Å². The molecule has 0 aliphatic heterocycles. The van der Waals surface area contributed by atoms with Gasteiger partial charge in [0.2, 0.25) is 0 Å². The molecule has 0 radical (unpaired) electrons. The second-order valence-electron chi connectivity index (χ2n) is 16.0. The molecule has 1 aliphatic carbocycles. The van der Waals surface area contributed by atoms with Gasteiger partial charge in [0.25, 0.3) is 0 Å². The SMILES string of the molecule is CC1(C)c2ccccc2-c2c(-c3ccc(N(c4ccc5oc6ccccc6c5c4)c4cccc(-c5ccccc5)c4-c4ccccc4-c4ccccc4)cc3)cccc21. The van der Waals surface area contributed by atoms with Crippen LogP contribution in [0.25, 0.3) is 77.6 Å². The zero-order valence-corrected chi connectivity index (χ0v) is 33.1. The highest BCUT2D eigenvalue weighted by Gasteiger charge is 2.36. The fourth-order valence-electron chi connectivity index (χ4n) is 9.50. The van der Waals surface area contributed by atoms with E-state index in [2.05, 4.69) is 219 Å². The van der Waals surface area contributed by atoms with Crippen molar-refractivity contribution in [3.05, 3.63) is 223 Å². The fraction of sp³-hybridized carbons (Fsp3) is 0.0526. The average molecular weight is 756 g/mol. The topological polar surface area (TPSA) is 16.4 Å². The van der Waals surface area contributed by atoms with E-state index >= 15 is 0 Å². The zero-order valence-electron chi connectivity index (χ0n) is 33.1. The summed E-state index contributed by atoms with van der Waals surface area (Å²) in [6.07, 6.45) is 0. The summed E-state index contributed by atoms with van der Waals surface area (Å²) in [4.78, 5) is 2.43. The van der Waals surface area contributed by atoms with Gasteiger partial charge in [-0.05, 0) is 104 Å². The van der Waals surface area contributed by atoms with Crippen LogP contribution in [-0.2, 0) is 5.41 Å². The molecule has 0 fully saturated rings. The highest BCUT2D eigenvalue weighted by molar-refractivity contribution is 6.08. The van der Waals surface area contributed by atoms with Crippen LogP contribution in [0.2, 0.25) is 0 Å². The summed E-state index contributed by atoms with van der Waals surface area (Å²) in [6.45, 7) is 4.69. The van der Waals surface area contributed by atoms with Gasteiger partial charge in [-0.2, -0.15) is 0 Å². The molecule has 1 aliphatic rings. The number of hydrogen-bond acceptors (Lipinski definition) is 2. The summed E-state index contributed by atoms with van der Waals surface area (Å²) in [5.74, 6) is 0. The van der Waals surface area contributed by atoms with Crippen LogP contribution in [0.15, 0.2) is 217 Å². The van der Waals surface area contributed by atoms with E-state index in [4.69, 9.17) is 4.42 Å². The molecule has 0 unspecified atom stereocenters. The number of nitrogens with zero attached hydrogens (tertiary/aromatic N) is 1. The number of para-hydroxylation sites is 1. The van der Waals surface area contributed by atoms with E-state index in [1.54, 1.807) is 0 Å². The largest absolute Gasteiger partial charge is 0.456 e. The lowest BCUT2D eigenvalue weighted by Crippen LogP contribution is -2.14. The summed E-state index contributed by atoms with van der Waals surface area (Å²) in [7, 11) is 0. The van der Waals surface area contributed by atoms with Crippen LogP contribution in [0.1, 0.15) is 25.0 Å². The number of furan rings is 1. The molecular formula is C57H41NO. The molecule has 280 valence electrons. The second kappa shape index (κ2) is 13.9. The van der Waals surface area contributed by atoms with Crippen LogP contribution in [-0.4, -0.2) is 0 Å². The zero-order chi connectivity index (χ0) is 39.5. The van der Waals surface area contributed by atoms with Gasteiger partial charge in [-0.1, -0.05) is 184 Å². The van der Waals surface area contributed by atoms with Gasteiger partial charge < -0.3 is 9.32 Å². The Morgan fingerprint density at radius 2 is 0.881 bits per heavy atom. The third kappa shape index (κ3) is 5.71. The van der Waals surface area contributed by atoms with Crippen LogP contribution in [0, 0.1) is 0 Å². The molecule has 1 heterocycles. The standard InChI is InChI=1S/C57H41NO/c1-57(2)50-27-13-11-24-48(50)55-44(25-15-28-51(55)57)40-31-33-41(34-32-40)58(42-35-36-54-49(37-42)46-22-12-14-30-53(46)59-54)52-29-16-26-45(39-19-7-4-8-20-39)56(52)47-23-10-9-21-43(47)38-17-5-3-6-18-38/h3-37H,1-2H3. The van der Waals surface area contributed by atoms with E-state index in [-0.39, 0.29) is 5.41 Å². The van der Waals surface area contributed by atoms with Gasteiger partial charge in [-0.25, -0.2) is 0 Å². The Kier molecular flexibility index (Phi) is 8.20. The molecule has 0 N–H and O–H groups in total. The normalized spacial score (nSPS) is 12.7. The van der Waals surface area contributed by atoms with Crippen molar-refractivity contribution in [1.82, 2.24) is 0 Å². The lowest BCUT2D eigenvalue weighted by Gasteiger charge is -2.30. The Labute approximate surface area is 345 Å². The summed E-state index contributed by atoms with van der Waals surface area (Å²) in [5.41, 5.74) is 19.8. The van der Waals surface area contributed by atoms with Crippen LogP contribution >= 0.6 is 0 Å². The molecule has 0 bridgehead atoms. The van der Waals surface area contributed by atoms with Crippen molar-refractivity contribution in [1.29, 1.82) is 0 Å². The maximum atomic E-state index is 6.36. The molecule has 11 rings (SSSR count). The van der Waals surface area contributed by atoms with Gasteiger partial charge in [0.05, 0.1) is 5.69 Å². The van der Waals surface area contributed by atoms with Crippen LogP contribution < -0.4 is 4.90 Å². The van der Waals surface area contributed by atoms with Gasteiger partial charge in [0, 0.05) is 33.1 Å². The molecule has 9 aromatic carbocycles. The van der Waals surface area contributed by atoms with Crippen molar-refractivity contribution in [2.24, 2.45) is 0 Å². The maximum Gasteiger partial charge on any atom is 0.135 e. The maximum absolute atomic E-state index is 6.36. The monoisotopic (exact) mass is 755 g/mol. The predicted octanol–water partition coefficient (Wildman–Crippen LogP) is 16.0. The third-order valence-corrected chi connectivity index (χ3v) is 12.3. The summed E-state index contributed by atoms with van der Waals surface area (Å²) in [6, 6.07) is 76.9. The number of anilines is 3. The van der Waals surface area contributed by atoms with E-state index in [1.165, 1.54) is 66.8 Å². The average Bonchev–Trinajstić information content (AvgIpc) is 3.79. The van der Waals surface area contributed by atoms with Gasteiger partial charge in [0.15, 0.2) is 0 Å². The minimum absolute atomic E-state index is 0.0647. The highest BCUT2D eigenvalue weighted by Crippen LogP contribution is 2.53. The molecule has 59 heavy (non-hydrogen) atoms. The van der Waals surface area contributed by atoms with Gasteiger partial charge in [-0.3, -0.25) is 0 Å². The number of benzene rings is 9. The van der Waals surface area contributed by atoms with E-state index in [0.29, 0.717) is 0 Å². The Morgan fingerprint density at radius 3 is 1.64 bits per heavy atom. The molecular weight excluding hydrogens is 715 g/mol. The van der Waals surface area contributed by atoms with E-state index < -0.39 is 0 Å². The molecule has 0 saturated heterocycles. The fourth-order valence-corrected chi connectivity index (χ4v) is 9.50. The highest BCUT2D eigenvalue weighted by atomic mass is 16.3. The first kappa shape index (κ1) is 34.8. The van der Waals surface area contributed by atoms with Crippen LogP contribution in [0.5, 0.6) is 0 Å². The first-order valence-corrected chi connectivity index (χ1v) is 20.4. The third-order valence-electron chi connectivity index (χ3n) is 12.3. The van der Waals surface area contributed by atoms with Crippen molar-refractivity contribution in [2.75, 3.05) is 4.90 Å². The molecule has 0 saturated carbocycles. The summed E-state index contributed by atoms with van der Waals surface area (Å²) in [5, 5.41) is 2.19.